The van der Waals surface area contributed by atoms with Crippen LogP contribution in [0.4, 0.5) is 11.4 Å². The second kappa shape index (κ2) is 5.73. The monoisotopic (exact) mass is 294 g/mol. The Balaban J connectivity index is 2.07. The molecule has 5 heteroatoms. The van der Waals surface area contributed by atoms with E-state index in [1.165, 1.54) is 12.1 Å². The van der Waals surface area contributed by atoms with Crippen molar-refractivity contribution < 1.29 is 14.9 Å². The summed E-state index contributed by atoms with van der Waals surface area (Å²) in [5, 5.41) is 29.2. The first-order valence-electron chi connectivity index (χ1n) is 6.68. The Bertz CT molecular complexity index is 842. The van der Waals surface area contributed by atoms with Gasteiger partial charge >= 0.3 is 0 Å². The molecule has 0 atom stereocenters. The second-order valence-electron chi connectivity index (χ2n) is 4.71. The Hall–Kier alpha value is -3.08. The summed E-state index contributed by atoms with van der Waals surface area (Å²) in [7, 11) is 1.57. The highest BCUT2D eigenvalue weighted by atomic mass is 16.5. The van der Waals surface area contributed by atoms with Crippen molar-refractivity contribution >= 4 is 22.1 Å². The van der Waals surface area contributed by atoms with Crippen LogP contribution in [0.3, 0.4) is 0 Å². The van der Waals surface area contributed by atoms with Crippen LogP contribution in [0.1, 0.15) is 0 Å². The van der Waals surface area contributed by atoms with Crippen LogP contribution in [-0.4, -0.2) is 17.3 Å². The summed E-state index contributed by atoms with van der Waals surface area (Å²) in [5.41, 5.74) is 0.896. The van der Waals surface area contributed by atoms with Crippen molar-refractivity contribution in [1.82, 2.24) is 0 Å². The Morgan fingerprint density at radius 1 is 0.864 bits per heavy atom. The Kier molecular flexibility index (Phi) is 3.62. The minimum absolute atomic E-state index is 0.0546. The van der Waals surface area contributed by atoms with E-state index in [2.05, 4.69) is 10.2 Å². The number of hydrogen-bond donors (Lipinski definition) is 2. The molecule has 0 aliphatic heterocycles. The first-order valence-corrected chi connectivity index (χ1v) is 6.68. The summed E-state index contributed by atoms with van der Waals surface area (Å²) >= 11 is 0. The lowest BCUT2D eigenvalue weighted by Gasteiger charge is -2.09. The van der Waals surface area contributed by atoms with Crippen LogP contribution in [0.15, 0.2) is 64.8 Å². The van der Waals surface area contributed by atoms with E-state index in [0.29, 0.717) is 22.5 Å². The lowest BCUT2D eigenvalue weighted by Crippen LogP contribution is -1.85. The van der Waals surface area contributed by atoms with Crippen molar-refractivity contribution in [3.05, 3.63) is 54.6 Å². The third-order valence-corrected chi connectivity index (χ3v) is 3.30. The fourth-order valence-corrected chi connectivity index (χ4v) is 2.19. The van der Waals surface area contributed by atoms with Crippen molar-refractivity contribution in [3.8, 4) is 17.2 Å². The molecule has 0 heterocycles. The van der Waals surface area contributed by atoms with Crippen LogP contribution in [0.25, 0.3) is 10.8 Å². The number of nitrogens with zero attached hydrogens (tertiary/aromatic N) is 2. The molecule has 0 saturated heterocycles. The average molecular weight is 294 g/mol. The van der Waals surface area contributed by atoms with Gasteiger partial charge in [0, 0.05) is 16.8 Å². The topological polar surface area (TPSA) is 74.4 Å². The van der Waals surface area contributed by atoms with E-state index in [9.17, 15) is 10.2 Å². The largest absolute Gasteiger partial charge is 0.508 e. The molecule has 0 aliphatic carbocycles. The number of aromatic hydroxyl groups is 2. The number of methoxy groups -OCH3 is 1. The summed E-state index contributed by atoms with van der Waals surface area (Å²) < 4.78 is 5.35. The molecule has 3 aromatic carbocycles. The maximum Gasteiger partial charge on any atom is 0.151 e. The van der Waals surface area contributed by atoms with E-state index in [4.69, 9.17) is 4.74 Å². The van der Waals surface area contributed by atoms with Gasteiger partial charge in [0.1, 0.15) is 17.2 Å². The molecule has 0 saturated carbocycles. The van der Waals surface area contributed by atoms with E-state index in [-0.39, 0.29) is 11.5 Å². The Morgan fingerprint density at radius 3 is 2.23 bits per heavy atom. The molecule has 110 valence electrons. The second-order valence-corrected chi connectivity index (χ2v) is 4.71. The minimum Gasteiger partial charge on any atom is -0.508 e. The predicted octanol–water partition coefficient (Wildman–Crippen LogP) is 4.68. The number of phenols is 2. The number of rotatable bonds is 3. The molecule has 0 radical (unpaired) electrons. The normalized spacial score (nSPS) is 11.1. The fourth-order valence-electron chi connectivity index (χ4n) is 2.19. The van der Waals surface area contributed by atoms with Crippen molar-refractivity contribution in [1.29, 1.82) is 0 Å². The van der Waals surface area contributed by atoms with Crippen molar-refractivity contribution in [2.24, 2.45) is 10.2 Å². The van der Waals surface area contributed by atoms with Crippen molar-refractivity contribution in [3.63, 3.8) is 0 Å². The zero-order chi connectivity index (χ0) is 15.5. The highest BCUT2D eigenvalue weighted by molar-refractivity contribution is 5.97. The van der Waals surface area contributed by atoms with Gasteiger partial charge in [-0.1, -0.05) is 24.3 Å². The molecule has 22 heavy (non-hydrogen) atoms. The van der Waals surface area contributed by atoms with E-state index in [1.807, 2.05) is 18.2 Å². The first kappa shape index (κ1) is 13.9. The van der Waals surface area contributed by atoms with Crippen molar-refractivity contribution in [2.45, 2.75) is 0 Å². The predicted molar refractivity (Wildman–Crippen MR) is 84.4 cm³/mol. The SMILES string of the molecule is COc1cc(N=Nc2ccc(O)cc2)c(O)c2ccccc12. The van der Waals surface area contributed by atoms with Gasteiger partial charge in [0.05, 0.1) is 12.8 Å². The van der Waals surface area contributed by atoms with E-state index >= 15 is 0 Å². The van der Waals surface area contributed by atoms with Gasteiger partial charge in [-0.3, -0.25) is 0 Å². The summed E-state index contributed by atoms with van der Waals surface area (Å²) in [6.45, 7) is 0. The molecule has 2 N–H and O–H groups in total. The van der Waals surface area contributed by atoms with Gasteiger partial charge in [-0.2, -0.15) is 5.11 Å². The van der Waals surface area contributed by atoms with E-state index < -0.39 is 0 Å². The molecule has 5 nitrogen and oxygen atoms in total. The third kappa shape index (κ3) is 2.56. The summed E-state index contributed by atoms with van der Waals surface area (Å²) in [6, 6.07) is 15.3. The summed E-state index contributed by atoms with van der Waals surface area (Å²) in [6.07, 6.45) is 0. The standard InChI is InChI=1S/C17H14N2O3/c1-22-16-10-15(17(21)14-5-3-2-4-13(14)16)19-18-11-6-8-12(20)9-7-11/h2-10,20-21H,1H3. The molecular formula is C17H14N2O3. The number of azo groups is 1. The molecule has 3 aromatic rings. The van der Waals surface area contributed by atoms with Crippen LogP contribution < -0.4 is 4.74 Å². The zero-order valence-electron chi connectivity index (χ0n) is 11.9. The maximum absolute atomic E-state index is 10.3. The molecule has 0 aromatic heterocycles. The molecule has 0 aliphatic rings. The molecule has 0 fully saturated rings. The summed E-state index contributed by atoms with van der Waals surface area (Å²) in [5.74, 6) is 0.834. The van der Waals surface area contributed by atoms with Crippen LogP contribution in [-0.2, 0) is 0 Å². The molecule has 3 rings (SSSR count). The molecular weight excluding hydrogens is 280 g/mol. The number of benzene rings is 3. The average Bonchev–Trinajstić information content (AvgIpc) is 2.56. The number of fused-ring (bicyclic) bond motifs is 1. The zero-order valence-corrected chi connectivity index (χ0v) is 11.9. The van der Waals surface area contributed by atoms with Gasteiger partial charge in [-0.05, 0) is 24.3 Å². The Labute approximate surface area is 127 Å². The lowest BCUT2D eigenvalue weighted by molar-refractivity contribution is 0.418. The van der Waals surface area contributed by atoms with Gasteiger partial charge in [-0.25, -0.2) is 0 Å². The van der Waals surface area contributed by atoms with E-state index in [0.717, 1.165) is 5.39 Å². The van der Waals surface area contributed by atoms with Crippen LogP contribution >= 0.6 is 0 Å². The van der Waals surface area contributed by atoms with Crippen LogP contribution in [0, 0.1) is 0 Å². The smallest absolute Gasteiger partial charge is 0.151 e. The van der Waals surface area contributed by atoms with Crippen LogP contribution in [0.2, 0.25) is 0 Å². The lowest BCUT2D eigenvalue weighted by atomic mass is 10.1. The van der Waals surface area contributed by atoms with Gasteiger partial charge in [0.2, 0.25) is 0 Å². The van der Waals surface area contributed by atoms with Gasteiger partial charge < -0.3 is 14.9 Å². The maximum atomic E-state index is 10.3. The fraction of sp³-hybridized carbons (Fsp3) is 0.0588. The molecule has 0 bridgehead atoms. The number of hydrogen-bond acceptors (Lipinski definition) is 5. The van der Waals surface area contributed by atoms with Gasteiger partial charge in [-0.15, -0.1) is 5.11 Å². The highest BCUT2D eigenvalue weighted by Crippen LogP contribution is 2.41. The Morgan fingerprint density at radius 2 is 1.55 bits per heavy atom. The third-order valence-electron chi connectivity index (χ3n) is 3.30. The van der Waals surface area contributed by atoms with Crippen molar-refractivity contribution in [2.75, 3.05) is 7.11 Å². The highest BCUT2D eigenvalue weighted by Gasteiger charge is 2.11. The quantitative estimate of drug-likeness (QED) is 0.689. The number of ether oxygens (including phenoxy) is 1. The van der Waals surface area contributed by atoms with Crippen LogP contribution in [0.5, 0.6) is 17.2 Å². The minimum atomic E-state index is 0.0546. The van der Waals surface area contributed by atoms with Gasteiger partial charge in [0.25, 0.3) is 0 Å². The first-order chi connectivity index (χ1) is 10.7. The molecule has 0 spiro atoms. The number of phenolic OH excluding ortho intramolecular Hbond substituents is 2. The molecule has 0 unspecified atom stereocenters. The molecule has 0 amide bonds. The summed E-state index contributed by atoms with van der Waals surface area (Å²) in [4.78, 5) is 0. The van der Waals surface area contributed by atoms with E-state index in [1.54, 1.807) is 31.4 Å². The van der Waals surface area contributed by atoms with Gasteiger partial charge in [0.15, 0.2) is 5.75 Å².